The van der Waals surface area contributed by atoms with E-state index < -0.39 is 21.9 Å². The second-order valence-electron chi connectivity index (χ2n) is 7.00. The molecule has 1 N–H and O–H groups in total. The van der Waals surface area contributed by atoms with Crippen LogP contribution in [0.5, 0.6) is 0 Å². The van der Waals surface area contributed by atoms with Gasteiger partial charge in [0.2, 0.25) is 10.0 Å². The number of benzene rings is 1. The Kier molecular flexibility index (Phi) is 5.83. The van der Waals surface area contributed by atoms with Crippen molar-refractivity contribution in [1.29, 1.82) is 0 Å². The van der Waals surface area contributed by atoms with Crippen molar-refractivity contribution in [2.45, 2.75) is 24.8 Å². The lowest BCUT2D eigenvalue weighted by molar-refractivity contribution is -0.00486. The van der Waals surface area contributed by atoms with Gasteiger partial charge < -0.3 is 10.1 Å². The number of morpholine rings is 1. The molecule has 1 saturated heterocycles. The first kappa shape index (κ1) is 20.9. The van der Waals surface area contributed by atoms with Gasteiger partial charge in [-0.15, -0.1) is 11.3 Å². The number of aryl methyl sites for hydroxylation is 2. The average Bonchev–Trinajstić information content (AvgIpc) is 3.15. The quantitative estimate of drug-likeness (QED) is 0.639. The molecule has 3 aromatic rings. The highest BCUT2D eigenvalue weighted by Crippen LogP contribution is 2.28. The molecule has 30 heavy (non-hydrogen) atoms. The van der Waals surface area contributed by atoms with Crippen molar-refractivity contribution in [3.63, 3.8) is 0 Å². The first-order valence-electron chi connectivity index (χ1n) is 9.37. The Morgan fingerprint density at radius 1 is 1.23 bits per heavy atom. The molecular weight excluding hydrogens is 427 g/mol. The molecule has 3 heterocycles. The molecule has 1 aliphatic rings. The van der Waals surface area contributed by atoms with Crippen LogP contribution in [0.4, 0.5) is 15.3 Å². The summed E-state index contributed by atoms with van der Waals surface area (Å²) in [6, 6.07) is 9.40. The predicted octanol–water partition coefficient (Wildman–Crippen LogP) is 3.80. The van der Waals surface area contributed by atoms with E-state index >= 15 is 0 Å². The molecule has 0 aliphatic carbocycles. The van der Waals surface area contributed by atoms with E-state index in [0.29, 0.717) is 17.1 Å². The number of halogens is 1. The Balaban J connectivity index is 1.53. The maximum atomic E-state index is 13.9. The smallest absolute Gasteiger partial charge is 0.243 e. The average molecular weight is 449 g/mol. The molecule has 1 aromatic carbocycles. The van der Waals surface area contributed by atoms with Crippen LogP contribution in [0.15, 0.2) is 46.7 Å². The van der Waals surface area contributed by atoms with Crippen molar-refractivity contribution in [2.75, 3.05) is 25.0 Å². The molecule has 1 unspecified atom stereocenters. The van der Waals surface area contributed by atoms with E-state index in [1.807, 2.05) is 24.4 Å². The molecule has 0 amide bonds. The van der Waals surface area contributed by atoms with Crippen molar-refractivity contribution in [3.8, 4) is 0 Å². The van der Waals surface area contributed by atoms with E-state index in [4.69, 9.17) is 4.74 Å². The van der Waals surface area contributed by atoms with Crippen molar-refractivity contribution < 1.29 is 17.5 Å². The van der Waals surface area contributed by atoms with Crippen molar-refractivity contribution in [2.24, 2.45) is 0 Å². The number of anilines is 2. The molecule has 4 rings (SSSR count). The van der Waals surface area contributed by atoms with Crippen LogP contribution in [-0.4, -0.2) is 42.4 Å². The third kappa shape index (κ3) is 4.36. The topological polar surface area (TPSA) is 84.4 Å². The summed E-state index contributed by atoms with van der Waals surface area (Å²) in [6.07, 6.45) is -0.524. The summed E-state index contributed by atoms with van der Waals surface area (Å²) in [4.78, 5) is 8.86. The summed E-state index contributed by atoms with van der Waals surface area (Å²) in [6.45, 7) is 4.03. The first-order chi connectivity index (χ1) is 14.3. The summed E-state index contributed by atoms with van der Waals surface area (Å²) < 4.78 is 47.0. The molecule has 7 nitrogen and oxygen atoms in total. The zero-order valence-electron chi connectivity index (χ0n) is 16.5. The van der Waals surface area contributed by atoms with E-state index in [9.17, 15) is 12.8 Å². The van der Waals surface area contributed by atoms with Crippen LogP contribution in [-0.2, 0) is 14.8 Å². The zero-order valence-corrected chi connectivity index (χ0v) is 18.1. The predicted molar refractivity (Wildman–Crippen MR) is 113 cm³/mol. The third-order valence-electron chi connectivity index (χ3n) is 4.76. The largest absolute Gasteiger partial charge is 0.369 e. The normalized spacial score (nSPS) is 17.8. The maximum Gasteiger partial charge on any atom is 0.243 e. The molecule has 0 bridgehead atoms. The standard InChI is InChI=1S/C20H21FN4O3S2/c1-13-6-7-15(10-16(13)21)30(26,27)25-8-9-28-18(11-25)17-4-3-5-19(23-17)24-20-22-14(2)12-29-20/h3-7,10,12,18H,8-9,11H2,1-2H3,(H,22,23,24). The van der Waals surface area contributed by atoms with Gasteiger partial charge in [0.25, 0.3) is 0 Å². The molecule has 0 spiro atoms. The minimum absolute atomic E-state index is 0.0613. The fourth-order valence-electron chi connectivity index (χ4n) is 3.13. The van der Waals surface area contributed by atoms with Gasteiger partial charge in [-0.1, -0.05) is 12.1 Å². The van der Waals surface area contributed by atoms with E-state index in [0.717, 1.165) is 16.9 Å². The van der Waals surface area contributed by atoms with E-state index in [-0.39, 0.29) is 24.6 Å². The molecule has 0 radical (unpaired) electrons. The number of ether oxygens (including phenoxy) is 1. The lowest BCUT2D eigenvalue weighted by Gasteiger charge is -2.32. The summed E-state index contributed by atoms with van der Waals surface area (Å²) in [5.41, 5.74) is 1.93. The molecule has 1 aliphatic heterocycles. The summed E-state index contributed by atoms with van der Waals surface area (Å²) in [5.74, 6) is 0.0600. The van der Waals surface area contributed by atoms with Gasteiger partial charge in [0.05, 0.1) is 22.9 Å². The lowest BCUT2D eigenvalue weighted by atomic mass is 10.2. The molecule has 1 atom stereocenters. The van der Waals surface area contributed by atoms with Crippen LogP contribution in [0.2, 0.25) is 0 Å². The summed E-state index contributed by atoms with van der Waals surface area (Å²) in [7, 11) is -3.84. The Morgan fingerprint density at radius 2 is 2.07 bits per heavy atom. The number of aromatic nitrogens is 2. The summed E-state index contributed by atoms with van der Waals surface area (Å²) in [5, 5.41) is 5.82. The SMILES string of the molecule is Cc1csc(Nc2cccc(C3CN(S(=O)(=O)c4ccc(C)c(F)c4)CCO3)n2)n1. The highest BCUT2D eigenvalue weighted by Gasteiger charge is 2.32. The molecular formula is C20H21FN4O3S2. The molecule has 158 valence electrons. The van der Waals surface area contributed by atoms with E-state index in [1.54, 1.807) is 13.0 Å². The minimum Gasteiger partial charge on any atom is -0.369 e. The van der Waals surface area contributed by atoms with Crippen LogP contribution >= 0.6 is 11.3 Å². The van der Waals surface area contributed by atoms with Crippen LogP contribution < -0.4 is 5.32 Å². The molecule has 0 saturated carbocycles. The molecule has 1 fully saturated rings. The Labute approximate surface area is 178 Å². The van der Waals surface area contributed by atoms with Gasteiger partial charge in [0.1, 0.15) is 17.7 Å². The Bertz CT molecular complexity index is 1170. The highest BCUT2D eigenvalue weighted by molar-refractivity contribution is 7.89. The Morgan fingerprint density at radius 3 is 2.80 bits per heavy atom. The number of sulfonamides is 1. The van der Waals surface area contributed by atoms with Crippen molar-refractivity contribution in [3.05, 3.63) is 64.5 Å². The third-order valence-corrected chi connectivity index (χ3v) is 7.50. The van der Waals surface area contributed by atoms with Gasteiger partial charge in [0, 0.05) is 18.5 Å². The fourth-order valence-corrected chi connectivity index (χ4v) is 5.26. The van der Waals surface area contributed by atoms with Crippen LogP contribution in [0.25, 0.3) is 0 Å². The fraction of sp³-hybridized carbons (Fsp3) is 0.300. The van der Waals surface area contributed by atoms with Crippen molar-refractivity contribution >= 4 is 32.3 Å². The highest BCUT2D eigenvalue weighted by atomic mass is 32.2. The van der Waals surface area contributed by atoms with Gasteiger partial charge in [-0.2, -0.15) is 4.31 Å². The van der Waals surface area contributed by atoms with Crippen LogP contribution in [0.1, 0.15) is 23.1 Å². The minimum atomic E-state index is -3.84. The number of pyridine rings is 1. The Hall–Kier alpha value is -2.40. The monoisotopic (exact) mass is 448 g/mol. The molecule has 2 aromatic heterocycles. The number of hydrogen-bond acceptors (Lipinski definition) is 7. The zero-order chi connectivity index (χ0) is 21.3. The van der Waals surface area contributed by atoms with E-state index in [1.165, 1.54) is 27.8 Å². The number of rotatable bonds is 5. The van der Waals surface area contributed by atoms with Gasteiger partial charge in [-0.05, 0) is 43.7 Å². The van der Waals surface area contributed by atoms with E-state index in [2.05, 4.69) is 15.3 Å². The number of nitrogens with one attached hydrogen (secondary N) is 1. The summed E-state index contributed by atoms with van der Waals surface area (Å²) >= 11 is 1.48. The van der Waals surface area contributed by atoms with Gasteiger partial charge in [-0.3, -0.25) is 0 Å². The second-order valence-corrected chi connectivity index (χ2v) is 9.80. The molecule has 10 heteroatoms. The maximum absolute atomic E-state index is 13.9. The van der Waals surface area contributed by atoms with Crippen LogP contribution in [0.3, 0.4) is 0 Å². The number of nitrogens with zero attached hydrogens (tertiary/aromatic N) is 3. The first-order valence-corrected chi connectivity index (χ1v) is 11.7. The van der Waals surface area contributed by atoms with Gasteiger partial charge >= 0.3 is 0 Å². The second kappa shape index (κ2) is 8.38. The van der Waals surface area contributed by atoms with Crippen molar-refractivity contribution in [1.82, 2.24) is 14.3 Å². The van der Waals surface area contributed by atoms with Gasteiger partial charge in [0.15, 0.2) is 5.13 Å². The lowest BCUT2D eigenvalue weighted by Crippen LogP contribution is -2.42. The van der Waals surface area contributed by atoms with Crippen LogP contribution in [0, 0.1) is 19.7 Å². The van der Waals surface area contributed by atoms with Gasteiger partial charge in [-0.25, -0.2) is 22.8 Å². The number of thiazole rings is 1. The number of hydrogen-bond donors (Lipinski definition) is 1.